The topological polar surface area (TPSA) is 79.5 Å². The van der Waals surface area contributed by atoms with Crippen molar-refractivity contribution in [2.24, 2.45) is 5.73 Å². The van der Waals surface area contributed by atoms with Crippen molar-refractivity contribution in [1.29, 1.82) is 0 Å². The molecule has 5 heteroatoms. The third kappa shape index (κ3) is 2.94. The standard InChI is InChI=1S/C12H19N3O2/c1-8-9(7-13)5-6-10(14-8)15(11(16)17)12(2,3)4/h5-6H,7,13H2,1-4H3,(H,16,17). The Morgan fingerprint density at radius 2 is 2.06 bits per heavy atom. The molecule has 0 saturated heterocycles. The molecule has 1 amide bonds. The van der Waals surface area contributed by atoms with Crippen LogP contribution in [0.15, 0.2) is 12.1 Å². The molecule has 0 spiro atoms. The van der Waals surface area contributed by atoms with Gasteiger partial charge in [-0.05, 0) is 39.3 Å². The third-order valence-electron chi connectivity index (χ3n) is 2.49. The Hall–Kier alpha value is -1.62. The Morgan fingerprint density at radius 1 is 1.47 bits per heavy atom. The molecule has 1 aromatic heterocycles. The zero-order valence-electron chi connectivity index (χ0n) is 10.7. The van der Waals surface area contributed by atoms with Crippen molar-refractivity contribution in [3.63, 3.8) is 0 Å². The molecule has 0 bridgehead atoms. The maximum Gasteiger partial charge on any atom is 0.413 e. The average molecular weight is 237 g/mol. The second-order valence-corrected chi connectivity index (χ2v) is 4.91. The molecule has 1 aromatic rings. The van der Waals surface area contributed by atoms with Crippen LogP contribution >= 0.6 is 0 Å². The van der Waals surface area contributed by atoms with Crippen molar-refractivity contribution >= 4 is 11.9 Å². The van der Waals surface area contributed by atoms with E-state index in [2.05, 4.69) is 4.98 Å². The third-order valence-corrected chi connectivity index (χ3v) is 2.49. The van der Waals surface area contributed by atoms with Gasteiger partial charge in [-0.15, -0.1) is 0 Å². The smallest absolute Gasteiger partial charge is 0.413 e. The fourth-order valence-electron chi connectivity index (χ4n) is 1.65. The van der Waals surface area contributed by atoms with Gasteiger partial charge in [-0.2, -0.15) is 0 Å². The van der Waals surface area contributed by atoms with Gasteiger partial charge in [0.15, 0.2) is 0 Å². The van der Waals surface area contributed by atoms with Crippen LogP contribution in [-0.4, -0.2) is 21.7 Å². The van der Waals surface area contributed by atoms with Crippen LogP contribution in [-0.2, 0) is 6.54 Å². The first-order valence-electron chi connectivity index (χ1n) is 5.47. The molecular formula is C12H19N3O2. The lowest BCUT2D eigenvalue weighted by atomic mass is 10.1. The van der Waals surface area contributed by atoms with Crippen LogP contribution in [0.3, 0.4) is 0 Å². The highest BCUT2D eigenvalue weighted by Gasteiger charge is 2.28. The Bertz CT molecular complexity index is 424. The summed E-state index contributed by atoms with van der Waals surface area (Å²) in [5.74, 6) is 0.430. The van der Waals surface area contributed by atoms with Gasteiger partial charge in [-0.1, -0.05) is 6.07 Å². The van der Waals surface area contributed by atoms with E-state index in [-0.39, 0.29) is 0 Å². The van der Waals surface area contributed by atoms with Crippen molar-refractivity contribution in [1.82, 2.24) is 4.98 Å². The number of carbonyl (C=O) groups is 1. The molecule has 3 N–H and O–H groups in total. The molecule has 0 aromatic carbocycles. The molecule has 0 aliphatic rings. The molecular weight excluding hydrogens is 218 g/mol. The number of aromatic nitrogens is 1. The van der Waals surface area contributed by atoms with E-state index < -0.39 is 11.6 Å². The molecule has 94 valence electrons. The number of hydrogen-bond acceptors (Lipinski definition) is 3. The van der Waals surface area contributed by atoms with E-state index in [4.69, 9.17) is 5.73 Å². The van der Waals surface area contributed by atoms with Gasteiger partial charge in [0.1, 0.15) is 5.82 Å². The average Bonchev–Trinajstić information content (AvgIpc) is 2.15. The molecule has 17 heavy (non-hydrogen) atoms. The maximum atomic E-state index is 11.3. The summed E-state index contributed by atoms with van der Waals surface area (Å²) in [7, 11) is 0. The molecule has 0 radical (unpaired) electrons. The van der Waals surface area contributed by atoms with Crippen LogP contribution in [0.25, 0.3) is 0 Å². The minimum atomic E-state index is -1.01. The normalized spacial score (nSPS) is 11.4. The highest BCUT2D eigenvalue weighted by atomic mass is 16.4. The van der Waals surface area contributed by atoms with Gasteiger partial charge < -0.3 is 10.8 Å². The number of nitrogens with zero attached hydrogens (tertiary/aromatic N) is 2. The lowest BCUT2D eigenvalue weighted by molar-refractivity contribution is 0.195. The Morgan fingerprint density at radius 3 is 2.41 bits per heavy atom. The van der Waals surface area contributed by atoms with E-state index in [0.29, 0.717) is 12.4 Å². The second kappa shape index (κ2) is 4.71. The largest absolute Gasteiger partial charge is 0.465 e. The molecule has 0 aliphatic carbocycles. The van der Waals surface area contributed by atoms with Crippen LogP contribution in [0.5, 0.6) is 0 Å². The quantitative estimate of drug-likeness (QED) is 0.825. The van der Waals surface area contributed by atoms with Gasteiger partial charge in [0.05, 0.1) is 0 Å². The minimum Gasteiger partial charge on any atom is -0.465 e. The van der Waals surface area contributed by atoms with Crippen LogP contribution in [0.2, 0.25) is 0 Å². The molecule has 1 rings (SSSR count). The summed E-state index contributed by atoms with van der Waals surface area (Å²) >= 11 is 0. The highest BCUT2D eigenvalue weighted by molar-refractivity contribution is 5.86. The summed E-state index contributed by atoms with van der Waals surface area (Å²) < 4.78 is 0. The number of aryl methyl sites for hydroxylation is 1. The molecule has 0 aliphatic heterocycles. The predicted octanol–water partition coefficient (Wildman–Crippen LogP) is 2.13. The monoisotopic (exact) mass is 237 g/mol. The van der Waals surface area contributed by atoms with Crippen molar-refractivity contribution in [3.05, 3.63) is 23.4 Å². The highest BCUT2D eigenvalue weighted by Crippen LogP contribution is 2.23. The first-order chi connectivity index (χ1) is 7.77. The maximum absolute atomic E-state index is 11.3. The van der Waals surface area contributed by atoms with Gasteiger partial charge in [-0.3, -0.25) is 4.90 Å². The molecule has 0 fully saturated rings. The number of pyridine rings is 1. The van der Waals surface area contributed by atoms with Crippen molar-refractivity contribution in [3.8, 4) is 0 Å². The number of anilines is 1. The van der Waals surface area contributed by atoms with Crippen molar-refractivity contribution < 1.29 is 9.90 Å². The fourth-order valence-corrected chi connectivity index (χ4v) is 1.65. The summed E-state index contributed by atoms with van der Waals surface area (Å²) in [6, 6.07) is 3.51. The SMILES string of the molecule is Cc1nc(N(C(=O)O)C(C)(C)C)ccc1CN. The first kappa shape index (κ1) is 13.4. The summed E-state index contributed by atoms with van der Waals surface area (Å²) in [6.07, 6.45) is -1.01. The molecule has 1 heterocycles. The van der Waals surface area contributed by atoms with Gasteiger partial charge in [-0.25, -0.2) is 9.78 Å². The van der Waals surface area contributed by atoms with E-state index in [0.717, 1.165) is 11.3 Å². The number of carboxylic acid groups (broad SMARTS) is 1. The van der Waals surface area contributed by atoms with Crippen molar-refractivity contribution in [2.75, 3.05) is 4.90 Å². The summed E-state index contributed by atoms with van der Waals surface area (Å²) in [5, 5.41) is 9.24. The Balaban J connectivity index is 3.21. The molecule has 0 unspecified atom stereocenters. The van der Waals surface area contributed by atoms with Gasteiger partial charge in [0.25, 0.3) is 0 Å². The van der Waals surface area contributed by atoms with Gasteiger partial charge in [0.2, 0.25) is 0 Å². The molecule has 0 atom stereocenters. The van der Waals surface area contributed by atoms with E-state index in [1.54, 1.807) is 6.07 Å². The van der Waals surface area contributed by atoms with Crippen molar-refractivity contribution in [2.45, 2.75) is 39.8 Å². The number of nitrogens with two attached hydrogens (primary N) is 1. The number of hydrogen-bond donors (Lipinski definition) is 2. The summed E-state index contributed by atoms with van der Waals surface area (Å²) in [5.41, 5.74) is 6.71. The van der Waals surface area contributed by atoms with E-state index in [9.17, 15) is 9.90 Å². The fraction of sp³-hybridized carbons (Fsp3) is 0.500. The van der Waals surface area contributed by atoms with E-state index >= 15 is 0 Å². The van der Waals surface area contributed by atoms with Crippen LogP contribution < -0.4 is 10.6 Å². The lowest BCUT2D eigenvalue weighted by Gasteiger charge is -2.32. The Kier molecular flexibility index (Phi) is 3.72. The second-order valence-electron chi connectivity index (χ2n) is 4.91. The van der Waals surface area contributed by atoms with Crippen LogP contribution in [0.4, 0.5) is 10.6 Å². The Labute approximate surface area is 101 Å². The van der Waals surface area contributed by atoms with Gasteiger partial charge >= 0.3 is 6.09 Å². The van der Waals surface area contributed by atoms with E-state index in [1.165, 1.54) is 4.90 Å². The first-order valence-corrected chi connectivity index (χ1v) is 5.47. The predicted molar refractivity (Wildman–Crippen MR) is 67.1 cm³/mol. The van der Waals surface area contributed by atoms with Crippen LogP contribution in [0, 0.1) is 6.92 Å². The zero-order chi connectivity index (χ0) is 13.2. The minimum absolute atomic E-state index is 0.404. The molecule has 0 saturated carbocycles. The molecule has 5 nitrogen and oxygen atoms in total. The zero-order valence-corrected chi connectivity index (χ0v) is 10.7. The van der Waals surface area contributed by atoms with Gasteiger partial charge in [0, 0.05) is 17.8 Å². The van der Waals surface area contributed by atoms with E-state index in [1.807, 2.05) is 33.8 Å². The number of rotatable bonds is 2. The lowest BCUT2D eigenvalue weighted by Crippen LogP contribution is -2.45. The van der Waals surface area contributed by atoms with Crippen LogP contribution in [0.1, 0.15) is 32.0 Å². The summed E-state index contributed by atoms with van der Waals surface area (Å²) in [4.78, 5) is 16.8. The number of amides is 1. The summed E-state index contributed by atoms with van der Waals surface area (Å²) in [6.45, 7) is 7.72.